The van der Waals surface area contributed by atoms with E-state index in [2.05, 4.69) is 9.47 Å². The van der Waals surface area contributed by atoms with Crippen molar-refractivity contribution in [1.29, 1.82) is 0 Å². The van der Waals surface area contributed by atoms with Crippen LogP contribution >= 0.6 is 0 Å². The number of hydrogen-bond acceptors (Lipinski definition) is 4. The van der Waals surface area contributed by atoms with Crippen molar-refractivity contribution in [2.75, 3.05) is 26.4 Å². The van der Waals surface area contributed by atoms with E-state index in [-0.39, 0.29) is 0 Å². The van der Waals surface area contributed by atoms with Gasteiger partial charge in [0.2, 0.25) is 0 Å². The number of aliphatic hydroxyl groups excluding tert-OH is 2. The average Bonchev–Trinajstić information content (AvgIpc) is 2.39. The fraction of sp³-hybridized carbons (Fsp3) is 1.00. The summed E-state index contributed by atoms with van der Waals surface area (Å²) in [5.41, 5.74) is -2.39. The van der Waals surface area contributed by atoms with E-state index < -0.39 is 56.9 Å². The predicted octanol–water partition coefficient (Wildman–Crippen LogP) is 1.71. The predicted molar refractivity (Wildman–Crippen MR) is 50.4 cm³/mol. The van der Waals surface area contributed by atoms with Gasteiger partial charge in [-0.15, -0.1) is 0 Å². The van der Waals surface area contributed by atoms with E-state index in [1.54, 1.807) is 0 Å². The number of ether oxygens (including phenoxy) is 2. The zero-order valence-electron chi connectivity index (χ0n) is 10.2. The van der Waals surface area contributed by atoms with E-state index in [0.29, 0.717) is 0 Å². The number of alkyl halides is 8. The van der Waals surface area contributed by atoms with Gasteiger partial charge in [0.1, 0.15) is 0 Å². The third-order valence-corrected chi connectivity index (χ3v) is 2.32. The van der Waals surface area contributed by atoms with Crippen LogP contribution in [0.1, 0.15) is 0 Å². The molecule has 0 aromatic rings. The first-order chi connectivity index (χ1) is 9.42. The maximum atomic E-state index is 12.5. The van der Waals surface area contributed by atoms with E-state index in [0.717, 1.165) is 0 Å². The first-order valence-electron chi connectivity index (χ1n) is 5.24. The van der Waals surface area contributed by atoms with Crippen molar-refractivity contribution < 1.29 is 54.8 Å². The van der Waals surface area contributed by atoms with Crippen molar-refractivity contribution in [2.45, 2.75) is 25.1 Å². The summed E-state index contributed by atoms with van der Waals surface area (Å²) < 4.78 is 104. The van der Waals surface area contributed by atoms with Gasteiger partial charge in [0.25, 0.3) is 0 Å². The van der Waals surface area contributed by atoms with Gasteiger partial charge in [-0.1, -0.05) is 0 Å². The second-order valence-electron chi connectivity index (χ2n) is 4.12. The SMILES string of the molecule is OCC(CO)(COC(F)(F)C(F)F)COC(F)(F)C(F)F. The largest absolute Gasteiger partial charge is 0.416 e. The van der Waals surface area contributed by atoms with Crippen LogP contribution in [0.4, 0.5) is 35.1 Å². The van der Waals surface area contributed by atoms with Gasteiger partial charge in [0.15, 0.2) is 0 Å². The fourth-order valence-electron chi connectivity index (χ4n) is 0.899. The molecule has 0 radical (unpaired) electrons. The molecule has 0 heterocycles. The molecule has 0 saturated heterocycles. The van der Waals surface area contributed by atoms with Crippen LogP contribution in [-0.2, 0) is 9.47 Å². The van der Waals surface area contributed by atoms with Crippen molar-refractivity contribution in [3.63, 3.8) is 0 Å². The molecule has 0 bridgehead atoms. The van der Waals surface area contributed by atoms with Gasteiger partial charge in [-0.25, -0.2) is 17.6 Å². The fourth-order valence-corrected chi connectivity index (χ4v) is 0.899. The number of hydrogen-bond donors (Lipinski definition) is 2. The highest BCUT2D eigenvalue weighted by Crippen LogP contribution is 2.31. The molecule has 0 aromatic heterocycles. The molecular weight excluding hydrogens is 324 g/mol. The van der Waals surface area contributed by atoms with Crippen LogP contribution in [0, 0.1) is 5.41 Å². The van der Waals surface area contributed by atoms with Gasteiger partial charge in [-0.2, -0.15) is 17.6 Å². The Morgan fingerprint density at radius 2 is 1.00 bits per heavy atom. The summed E-state index contributed by atoms with van der Waals surface area (Å²) in [6.45, 7) is -5.70. The second-order valence-corrected chi connectivity index (χ2v) is 4.12. The summed E-state index contributed by atoms with van der Waals surface area (Å²) >= 11 is 0. The molecule has 0 aromatic carbocycles. The quantitative estimate of drug-likeness (QED) is 0.597. The molecular formula is C9H12F8O4. The molecule has 0 unspecified atom stereocenters. The lowest BCUT2D eigenvalue weighted by Gasteiger charge is -2.32. The minimum absolute atomic E-state index is 1.32. The van der Waals surface area contributed by atoms with Gasteiger partial charge in [0, 0.05) is 0 Å². The Hall–Kier alpha value is -0.720. The van der Waals surface area contributed by atoms with Crippen molar-refractivity contribution in [1.82, 2.24) is 0 Å². The lowest BCUT2D eigenvalue weighted by molar-refractivity contribution is -0.333. The molecule has 0 saturated carbocycles. The first kappa shape index (κ1) is 20.3. The highest BCUT2D eigenvalue weighted by atomic mass is 19.3. The van der Waals surface area contributed by atoms with Crippen molar-refractivity contribution in [3.8, 4) is 0 Å². The summed E-state index contributed by atoms with van der Waals surface area (Å²) in [6.07, 6.45) is -18.5. The van der Waals surface area contributed by atoms with Crippen LogP contribution in [-0.4, -0.2) is 61.7 Å². The Morgan fingerprint density at radius 3 is 1.19 bits per heavy atom. The van der Waals surface area contributed by atoms with Crippen LogP contribution in [0.15, 0.2) is 0 Å². The number of rotatable bonds is 10. The Balaban J connectivity index is 4.79. The molecule has 0 amide bonds. The van der Waals surface area contributed by atoms with E-state index >= 15 is 0 Å². The Kier molecular flexibility index (Phi) is 7.26. The normalized spacial score (nSPS) is 14.3. The minimum atomic E-state index is -4.97. The third-order valence-electron chi connectivity index (χ3n) is 2.32. The topological polar surface area (TPSA) is 58.9 Å². The van der Waals surface area contributed by atoms with E-state index in [1.807, 2.05) is 0 Å². The molecule has 21 heavy (non-hydrogen) atoms. The molecule has 0 spiro atoms. The van der Waals surface area contributed by atoms with Crippen LogP contribution in [0.25, 0.3) is 0 Å². The average molecular weight is 336 g/mol. The monoisotopic (exact) mass is 336 g/mol. The zero-order valence-corrected chi connectivity index (χ0v) is 10.2. The molecule has 0 rings (SSSR count). The van der Waals surface area contributed by atoms with E-state index in [9.17, 15) is 35.1 Å². The Morgan fingerprint density at radius 1 is 0.714 bits per heavy atom. The maximum absolute atomic E-state index is 12.5. The van der Waals surface area contributed by atoms with Crippen LogP contribution in [0.5, 0.6) is 0 Å². The Labute approximate surface area is 113 Å². The molecule has 0 aliphatic carbocycles. The van der Waals surface area contributed by atoms with E-state index in [4.69, 9.17) is 10.2 Å². The van der Waals surface area contributed by atoms with Gasteiger partial charge >= 0.3 is 25.1 Å². The van der Waals surface area contributed by atoms with Crippen LogP contribution in [0.3, 0.4) is 0 Å². The van der Waals surface area contributed by atoms with Gasteiger partial charge in [-0.3, -0.25) is 0 Å². The highest BCUT2D eigenvalue weighted by Gasteiger charge is 2.48. The van der Waals surface area contributed by atoms with Gasteiger partial charge in [0.05, 0.1) is 31.8 Å². The summed E-state index contributed by atoms with van der Waals surface area (Å²) in [5, 5.41) is 17.7. The van der Waals surface area contributed by atoms with Crippen LogP contribution < -0.4 is 0 Å². The molecule has 0 fully saturated rings. The standard InChI is InChI=1S/C9H12F8O4/c10-5(11)8(14,15)20-3-7(1-18,2-19)4-21-9(16,17)6(12)13/h5-6,18-19H,1-4H2. The third kappa shape index (κ3) is 5.88. The molecule has 0 aliphatic rings. The summed E-state index contributed by atoms with van der Waals surface area (Å²) in [5.74, 6) is 0. The van der Waals surface area contributed by atoms with Gasteiger partial charge < -0.3 is 19.7 Å². The van der Waals surface area contributed by atoms with Crippen molar-refractivity contribution in [3.05, 3.63) is 0 Å². The van der Waals surface area contributed by atoms with Crippen molar-refractivity contribution >= 4 is 0 Å². The molecule has 4 nitrogen and oxygen atoms in total. The number of halogens is 8. The first-order valence-corrected chi connectivity index (χ1v) is 5.24. The minimum Gasteiger partial charge on any atom is -0.396 e. The summed E-state index contributed by atoms with van der Waals surface area (Å²) in [6, 6.07) is 0. The molecule has 2 N–H and O–H groups in total. The molecule has 0 atom stereocenters. The lowest BCUT2D eigenvalue weighted by Crippen LogP contribution is -2.46. The zero-order chi connectivity index (χ0) is 16.9. The molecule has 128 valence electrons. The molecule has 0 aliphatic heterocycles. The highest BCUT2D eigenvalue weighted by molar-refractivity contribution is 4.79. The number of aliphatic hydroxyl groups is 2. The van der Waals surface area contributed by atoms with Crippen molar-refractivity contribution in [2.24, 2.45) is 5.41 Å². The maximum Gasteiger partial charge on any atom is 0.416 e. The van der Waals surface area contributed by atoms with Crippen LogP contribution in [0.2, 0.25) is 0 Å². The lowest BCUT2D eigenvalue weighted by atomic mass is 9.92. The molecule has 12 heteroatoms. The Bertz CT molecular complexity index is 282. The van der Waals surface area contributed by atoms with E-state index in [1.165, 1.54) is 0 Å². The summed E-state index contributed by atoms with van der Waals surface area (Å²) in [4.78, 5) is 0. The van der Waals surface area contributed by atoms with Gasteiger partial charge in [-0.05, 0) is 0 Å². The second kappa shape index (κ2) is 7.51. The summed E-state index contributed by atoms with van der Waals surface area (Å²) in [7, 11) is 0. The smallest absolute Gasteiger partial charge is 0.396 e.